The van der Waals surface area contributed by atoms with Crippen molar-refractivity contribution in [3.63, 3.8) is 0 Å². The lowest BCUT2D eigenvalue weighted by Crippen LogP contribution is -2.27. The molecule has 1 aliphatic heterocycles. The molecule has 2 amide bonds. The molecule has 1 aliphatic rings. The Balaban J connectivity index is 1.56. The van der Waals surface area contributed by atoms with E-state index in [9.17, 15) is 9.59 Å². The fourth-order valence-corrected chi connectivity index (χ4v) is 5.19. The number of thioether (sulfide) groups is 1. The number of halogens is 1. The van der Waals surface area contributed by atoms with Crippen molar-refractivity contribution in [2.75, 3.05) is 6.61 Å². The third kappa shape index (κ3) is 5.97. The molecular formula is C28H26BrNO4S. The van der Waals surface area contributed by atoms with Crippen molar-refractivity contribution >= 4 is 44.9 Å². The Bertz CT molecular complexity index is 1300. The number of amides is 2. The van der Waals surface area contributed by atoms with E-state index in [1.807, 2.05) is 75.4 Å². The van der Waals surface area contributed by atoms with Gasteiger partial charge in [0.15, 0.2) is 11.5 Å². The van der Waals surface area contributed by atoms with Gasteiger partial charge in [0, 0.05) is 0 Å². The van der Waals surface area contributed by atoms with Crippen LogP contribution in [0, 0.1) is 13.8 Å². The molecule has 3 aromatic carbocycles. The molecule has 4 rings (SSSR count). The van der Waals surface area contributed by atoms with Crippen LogP contribution < -0.4 is 9.47 Å². The van der Waals surface area contributed by atoms with Crippen molar-refractivity contribution in [1.29, 1.82) is 0 Å². The predicted molar refractivity (Wildman–Crippen MR) is 144 cm³/mol. The number of aryl methyl sites for hydroxylation is 2. The predicted octanol–water partition coefficient (Wildman–Crippen LogP) is 7.28. The van der Waals surface area contributed by atoms with Crippen molar-refractivity contribution < 1.29 is 19.1 Å². The van der Waals surface area contributed by atoms with E-state index in [0.717, 1.165) is 34.0 Å². The van der Waals surface area contributed by atoms with E-state index >= 15 is 0 Å². The summed E-state index contributed by atoms with van der Waals surface area (Å²) in [6, 6.07) is 19.6. The first-order valence-corrected chi connectivity index (χ1v) is 12.9. The van der Waals surface area contributed by atoms with Gasteiger partial charge in [0.05, 0.1) is 22.5 Å². The summed E-state index contributed by atoms with van der Waals surface area (Å²) < 4.78 is 12.6. The smallest absolute Gasteiger partial charge is 0.293 e. The first-order valence-electron chi connectivity index (χ1n) is 11.3. The summed E-state index contributed by atoms with van der Waals surface area (Å²) >= 11 is 4.54. The fourth-order valence-electron chi connectivity index (χ4n) is 3.78. The van der Waals surface area contributed by atoms with Crippen LogP contribution in [0.2, 0.25) is 0 Å². The summed E-state index contributed by atoms with van der Waals surface area (Å²) in [6.45, 7) is 7.04. The zero-order valence-corrected chi connectivity index (χ0v) is 22.2. The Morgan fingerprint density at radius 2 is 1.80 bits per heavy atom. The average Bonchev–Trinajstić information content (AvgIpc) is 3.07. The molecule has 3 aromatic rings. The largest absolute Gasteiger partial charge is 0.490 e. The van der Waals surface area contributed by atoms with Gasteiger partial charge in [-0.1, -0.05) is 54.1 Å². The molecule has 180 valence electrons. The summed E-state index contributed by atoms with van der Waals surface area (Å²) in [4.78, 5) is 27.3. The minimum absolute atomic E-state index is 0.258. The molecule has 1 fully saturated rings. The molecule has 5 nitrogen and oxygen atoms in total. The van der Waals surface area contributed by atoms with Crippen LogP contribution in [0.15, 0.2) is 70.0 Å². The SMILES string of the molecule is CCOc1cc(/C=C2\SC(=O)N(Cc3ccccc3C)C2=O)cc(Br)c1OCc1cccc(C)c1. The number of hydrogen-bond acceptors (Lipinski definition) is 5. The molecule has 0 atom stereocenters. The molecule has 1 heterocycles. The van der Waals surface area contributed by atoms with Crippen molar-refractivity contribution in [1.82, 2.24) is 4.90 Å². The number of nitrogens with zero attached hydrogens (tertiary/aromatic N) is 1. The minimum atomic E-state index is -0.294. The van der Waals surface area contributed by atoms with Crippen molar-refractivity contribution in [2.45, 2.75) is 33.9 Å². The van der Waals surface area contributed by atoms with Crippen LogP contribution in [0.4, 0.5) is 4.79 Å². The highest BCUT2D eigenvalue weighted by Crippen LogP contribution is 2.40. The topological polar surface area (TPSA) is 55.8 Å². The van der Waals surface area contributed by atoms with Crippen LogP contribution in [-0.4, -0.2) is 22.7 Å². The van der Waals surface area contributed by atoms with Gasteiger partial charge in [-0.05, 0) is 88.9 Å². The van der Waals surface area contributed by atoms with Gasteiger partial charge >= 0.3 is 0 Å². The molecule has 0 unspecified atom stereocenters. The van der Waals surface area contributed by atoms with Crippen LogP contribution in [-0.2, 0) is 17.9 Å². The van der Waals surface area contributed by atoms with E-state index in [4.69, 9.17) is 9.47 Å². The van der Waals surface area contributed by atoms with Gasteiger partial charge in [0.1, 0.15) is 6.61 Å². The van der Waals surface area contributed by atoms with Crippen LogP contribution in [0.25, 0.3) is 6.08 Å². The number of carbonyl (C=O) groups excluding carboxylic acids is 2. The summed E-state index contributed by atoms with van der Waals surface area (Å²) in [5.41, 5.74) is 4.96. The van der Waals surface area contributed by atoms with Crippen molar-refractivity contribution in [3.05, 3.63) is 97.9 Å². The summed E-state index contributed by atoms with van der Waals surface area (Å²) in [5, 5.41) is -0.272. The lowest BCUT2D eigenvalue weighted by Gasteiger charge is -2.15. The highest BCUT2D eigenvalue weighted by atomic mass is 79.9. The number of imide groups is 1. The van der Waals surface area contributed by atoms with Gasteiger partial charge in [-0.3, -0.25) is 14.5 Å². The molecule has 0 radical (unpaired) electrons. The van der Waals surface area contributed by atoms with Gasteiger partial charge < -0.3 is 9.47 Å². The highest BCUT2D eigenvalue weighted by molar-refractivity contribution is 9.10. The number of hydrogen-bond donors (Lipinski definition) is 0. The number of ether oxygens (including phenoxy) is 2. The average molecular weight is 552 g/mol. The summed E-state index contributed by atoms with van der Waals surface area (Å²) in [6.07, 6.45) is 1.72. The lowest BCUT2D eigenvalue weighted by molar-refractivity contribution is -0.123. The van der Waals surface area contributed by atoms with Gasteiger partial charge in [0.2, 0.25) is 0 Å². The Hall–Kier alpha value is -3.03. The second kappa shape index (κ2) is 11.1. The van der Waals surface area contributed by atoms with Crippen molar-refractivity contribution in [3.8, 4) is 11.5 Å². The summed E-state index contributed by atoms with van der Waals surface area (Å²) in [5.74, 6) is 0.871. The van der Waals surface area contributed by atoms with Crippen LogP contribution >= 0.6 is 27.7 Å². The Morgan fingerprint density at radius 1 is 1.00 bits per heavy atom. The van der Waals surface area contributed by atoms with E-state index in [0.29, 0.717) is 34.1 Å². The van der Waals surface area contributed by atoms with Crippen LogP contribution in [0.1, 0.15) is 34.7 Å². The summed E-state index contributed by atoms with van der Waals surface area (Å²) in [7, 11) is 0. The van der Waals surface area contributed by atoms with Crippen LogP contribution in [0.5, 0.6) is 11.5 Å². The quantitative estimate of drug-likeness (QED) is 0.275. The normalized spacial score (nSPS) is 14.6. The molecular weight excluding hydrogens is 526 g/mol. The molecule has 35 heavy (non-hydrogen) atoms. The number of benzene rings is 3. The molecule has 0 bridgehead atoms. The molecule has 1 saturated heterocycles. The van der Waals surface area contributed by atoms with E-state index < -0.39 is 0 Å². The number of rotatable bonds is 8. The first-order chi connectivity index (χ1) is 16.9. The molecule has 0 aliphatic carbocycles. The second-order valence-corrected chi connectivity index (χ2v) is 10.1. The number of carbonyl (C=O) groups is 2. The maximum atomic E-state index is 13.0. The van der Waals surface area contributed by atoms with Gasteiger partial charge in [-0.25, -0.2) is 0 Å². The lowest BCUT2D eigenvalue weighted by atomic mass is 10.1. The highest BCUT2D eigenvalue weighted by Gasteiger charge is 2.35. The third-order valence-electron chi connectivity index (χ3n) is 5.56. The fraction of sp³-hybridized carbons (Fsp3) is 0.214. The van der Waals surface area contributed by atoms with E-state index in [-0.39, 0.29) is 17.7 Å². The van der Waals surface area contributed by atoms with Crippen LogP contribution in [0.3, 0.4) is 0 Å². The zero-order chi connectivity index (χ0) is 24.9. The third-order valence-corrected chi connectivity index (χ3v) is 7.05. The molecule has 0 aromatic heterocycles. The molecule has 7 heteroatoms. The Morgan fingerprint density at radius 3 is 2.54 bits per heavy atom. The molecule has 0 N–H and O–H groups in total. The van der Waals surface area contributed by atoms with E-state index in [1.54, 1.807) is 6.08 Å². The maximum Gasteiger partial charge on any atom is 0.293 e. The van der Waals surface area contributed by atoms with E-state index in [2.05, 4.69) is 22.0 Å². The van der Waals surface area contributed by atoms with Gasteiger partial charge in [0.25, 0.3) is 11.1 Å². The monoisotopic (exact) mass is 551 g/mol. The molecule has 0 spiro atoms. The Kier molecular flexibility index (Phi) is 7.98. The maximum absolute atomic E-state index is 13.0. The van der Waals surface area contributed by atoms with Gasteiger partial charge in [-0.2, -0.15) is 0 Å². The molecule has 0 saturated carbocycles. The van der Waals surface area contributed by atoms with Gasteiger partial charge in [-0.15, -0.1) is 0 Å². The minimum Gasteiger partial charge on any atom is -0.490 e. The first kappa shape index (κ1) is 25.1. The van der Waals surface area contributed by atoms with Crippen molar-refractivity contribution in [2.24, 2.45) is 0 Å². The Labute approximate surface area is 218 Å². The standard InChI is InChI=1S/C28H26BrNO4S/c1-4-33-24-14-21(13-23(29)26(24)34-17-20-10-7-8-18(2)12-20)15-25-27(31)30(28(32)35-25)16-22-11-6-5-9-19(22)3/h5-15H,4,16-17H2,1-3H3/b25-15-. The van der Waals surface area contributed by atoms with E-state index in [1.165, 1.54) is 10.5 Å². The second-order valence-electron chi connectivity index (χ2n) is 8.24. The zero-order valence-electron chi connectivity index (χ0n) is 19.8.